The van der Waals surface area contributed by atoms with Gasteiger partial charge in [-0.2, -0.15) is 0 Å². The average molecular weight is 287 g/mol. The molecule has 5 nitrogen and oxygen atoms in total. The fraction of sp³-hybridized carbons (Fsp3) is 0.375. The van der Waals surface area contributed by atoms with Crippen LogP contribution >= 0.6 is 0 Å². The van der Waals surface area contributed by atoms with E-state index in [4.69, 9.17) is 10.2 Å². The smallest absolute Gasteiger partial charge is 0.240 e. The lowest BCUT2D eigenvalue weighted by molar-refractivity contribution is -0.126. The number of amides is 1. The van der Waals surface area contributed by atoms with E-state index in [2.05, 4.69) is 10.3 Å². The van der Waals surface area contributed by atoms with Crippen molar-refractivity contribution in [3.8, 4) is 11.5 Å². The van der Waals surface area contributed by atoms with Crippen molar-refractivity contribution < 1.29 is 9.21 Å². The topological polar surface area (TPSA) is 81.2 Å². The van der Waals surface area contributed by atoms with Crippen LogP contribution in [0.25, 0.3) is 11.5 Å². The van der Waals surface area contributed by atoms with Gasteiger partial charge in [-0.3, -0.25) is 4.79 Å². The summed E-state index contributed by atoms with van der Waals surface area (Å²) in [5.74, 6) is 0.373. The Morgan fingerprint density at radius 2 is 2.10 bits per heavy atom. The highest BCUT2D eigenvalue weighted by molar-refractivity contribution is 5.85. The molecule has 0 aliphatic rings. The number of hydrogen-bond acceptors (Lipinski definition) is 4. The summed E-state index contributed by atoms with van der Waals surface area (Å²) in [6.45, 7) is 4.05. The number of rotatable bonds is 6. The molecule has 0 bridgehead atoms. The van der Waals surface area contributed by atoms with Crippen LogP contribution in [0.4, 0.5) is 0 Å². The van der Waals surface area contributed by atoms with Gasteiger partial charge in [0, 0.05) is 5.56 Å². The zero-order valence-electron chi connectivity index (χ0n) is 12.4. The van der Waals surface area contributed by atoms with Crippen LogP contribution in [0.2, 0.25) is 0 Å². The number of carbonyl (C=O) groups is 1. The van der Waals surface area contributed by atoms with Gasteiger partial charge < -0.3 is 15.5 Å². The van der Waals surface area contributed by atoms with Crippen molar-refractivity contribution in [2.45, 2.75) is 38.8 Å². The molecule has 1 heterocycles. The summed E-state index contributed by atoms with van der Waals surface area (Å²) in [5, 5.41) is 2.80. The predicted octanol–water partition coefficient (Wildman–Crippen LogP) is 2.48. The molecular weight excluding hydrogens is 266 g/mol. The quantitative estimate of drug-likeness (QED) is 0.855. The summed E-state index contributed by atoms with van der Waals surface area (Å²) in [6.07, 6.45) is 3.06. The molecule has 0 radical (unpaired) electrons. The molecule has 0 aliphatic heterocycles. The van der Waals surface area contributed by atoms with Crippen LogP contribution in [0, 0.1) is 0 Å². The molecule has 1 aromatic carbocycles. The first kappa shape index (κ1) is 15.3. The van der Waals surface area contributed by atoms with E-state index < -0.39 is 5.54 Å². The highest BCUT2D eigenvalue weighted by Gasteiger charge is 2.26. The summed E-state index contributed by atoms with van der Waals surface area (Å²) in [4.78, 5) is 16.4. The normalized spacial score (nSPS) is 13.7. The van der Waals surface area contributed by atoms with Crippen LogP contribution in [-0.2, 0) is 11.3 Å². The molecule has 0 fully saturated rings. The fourth-order valence-corrected chi connectivity index (χ4v) is 2.11. The lowest BCUT2D eigenvalue weighted by Gasteiger charge is -2.22. The van der Waals surface area contributed by atoms with Gasteiger partial charge in [0.25, 0.3) is 0 Å². The molecule has 21 heavy (non-hydrogen) atoms. The Balaban J connectivity index is 1.96. The summed E-state index contributed by atoms with van der Waals surface area (Å²) >= 11 is 0. The van der Waals surface area contributed by atoms with Gasteiger partial charge in [-0.15, -0.1) is 0 Å². The second kappa shape index (κ2) is 6.54. The van der Waals surface area contributed by atoms with Gasteiger partial charge >= 0.3 is 0 Å². The highest BCUT2D eigenvalue weighted by Crippen LogP contribution is 2.18. The van der Waals surface area contributed by atoms with E-state index >= 15 is 0 Å². The van der Waals surface area contributed by atoms with Crippen LogP contribution in [0.3, 0.4) is 0 Å². The van der Waals surface area contributed by atoms with Gasteiger partial charge in [-0.25, -0.2) is 4.98 Å². The first-order valence-electron chi connectivity index (χ1n) is 7.10. The number of nitrogens with two attached hydrogens (primary N) is 1. The number of aromatic nitrogens is 1. The second-order valence-electron chi connectivity index (χ2n) is 5.36. The second-order valence-corrected chi connectivity index (χ2v) is 5.36. The van der Waals surface area contributed by atoms with Crippen LogP contribution < -0.4 is 11.1 Å². The minimum Gasteiger partial charge on any atom is -0.444 e. The Kier molecular flexibility index (Phi) is 4.75. The minimum atomic E-state index is -0.846. The van der Waals surface area contributed by atoms with Crippen LogP contribution in [-0.4, -0.2) is 16.4 Å². The first-order chi connectivity index (χ1) is 10.0. The maximum atomic E-state index is 12.0. The number of nitrogens with zero attached hydrogens (tertiary/aromatic N) is 1. The van der Waals surface area contributed by atoms with Crippen molar-refractivity contribution in [1.29, 1.82) is 0 Å². The third-order valence-electron chi connectivity index (χ3n) is 3.29. The molecule has 1 amide bonds. The van der Waals surface area contributed by atoms with Gasteiger partial charge in [0.15, 0.2) is 0 Å². The highest BCUT2D eigenvalue weighted by atomic mass is 16.3. The molecule has 3 N–H and O–H groups in total. The number of benzene rings is 1. The fourth-order valence-electron chi connectivity index (χ4n) is 2.11. The van der Waals surface area contributed by atoms with Crippen LogP contribution in [0.15, 0.2) is 41.0 Å². The van der Waals surface area contributed by atoms with Crippen LogP contribution in [0.5, 0.6) is 0 Å². The van der Waals surface area contributed by atoms with Gasteiger partial charge in [0.2, 0.25) is 11.8 Å². The maximum absolute atomic E-state index is 12.0. The molecule has 0 saturated heterocycles. The summed E-state index contributed by atoms with van der Waals surface area (Å²) in [7, 11) is 0. The largest absolute Gasteiger partial charge is 0.444 e. The van der Waals surface area contributed by atoms with E-state index in [1.54, 1.807) is 13.2 Å². The zero-order chi connectivity index (χ0) is 15.3. The zero-order valence-corrected chi connectivity index (χ0v) is 12.4. The molecule has 0 aliphatic carbocycles. The first-order valence-corrected chi connectivity index (χ1v) is 7.10. The van der Waals surface area contributed by atoms with Crippen molar-refractivity contribution in [3.05, 3.63) is 42.3 Å². The number of nitrogens with one attached hydrogen (secondary N) is 1. The molecule has 2 aromatic rings. The Bertz CT molecular complexity index is 591. The Morgan fingerprint density at radius 3 is 2.76 bits per heavy atom. The van der Waals surface area contributed by atoms with E-state index in [9.17, 15) is 4.79 Å². The van der Waals surface area contributed by atoms with Gasteiger partial charge in [-0.05, 0) is 25.5 Å². The Morgan fingerprint density at radius 1 is 1.38 bits per heavy atom. The van der Waals surface area contributed by atoms with Crippen LogP contribution in [0.1, 0.15) is 32.4 Å². The molecular formula is C16H21N3O2. The van der Waals surface area contributed by atoms with Crippen molar-refractivity contribution in [2.75, 3.05) is 0 Å². The molecule has 1 atom stereocenters. The number of oxazole rings is 1. The predicted molar refractivity (Wildman–Crippen MR) is 81.3 cm³/mol. The van der Waals surface area contributed by atoms with Crippen molar-refractivity contribution in [1.82, 2.24) is 10.3 Å². The third kappa shape index (κ3) is 3.92. The maximum Gasteiger partial charge on any atom is 0.240 e. The van der Waals surface area contributed by atoms with Crippen molar-refractivity contribution >= 4 is 5.91 Å². The summed E-state index contributed by atoms with van der Waals surface area (Å²) in [6, 6.07) is 9.62. The molecule has 0 saturated carbocycles. The van der Waals surface area contributed by atoms with E-state index in [0.717, 1.165) is 12.0 Å². The minimum absolute atomic E-state index is 0.173. The average Bonchev–Trinajstić information content (AvgIpc) is 2.94. The van der Waals surface area contributed by atoms with Gasteiger partial charge in [0.1, 0.15) is 6.26 Å². The molecule has 112 valence electrons. The van der Waals surface area contributed by atoms with Crippen molar-refractivity contribution in [2.24, 2.45) is 5.73 Å². The molecule has 0 spiro atoms. The van der Waals surface area contributed by atoms with E-state index in [1.165, 1.54) is 0 Å². The Hall–Kier alpha value is -2.14. The molecule has 2 rings (SSSR count). The lowest BCUT2D eigenvalue weighted by Crippen LogP contribution is -2.51. The van der Waals surface area contributed by atoms with Gasteiger partial charge in [0.05, 0.1) is 17.8 Å². The molecule has 1 unspecified atom stereocenters. The monoisotopic (exact) mass is 287 g/mol. The van der Waals surface area contributed by atoms with E-state index in [1.807, 2.05) is 37.3 Å². The Labute approximate surface area is 124 Å². The standard InChI is InChI=1S/C16H21N3O2/c1-3-9-16(2,17)15(20)18-10-13-11-21-14(19-13)12-7-5-4-6-8-12/h4-8,11H,3,9-10,17H2,1-2H3,(H,18,20). The summed E-state index contributed by atoms with van der Waals surface area (Å²) in [5.41, 5.74) is 6.71. The summed E-state index contributed by atoms with van der Waals surface area (Å²) < 4.78 is 5.42. The lowest BCUT2D eigenvalue weighted by atomic mass is 9.96. The van der Waals surface area contributed by atoms with Gasteiger partial charge in [-0.1, -0.05) is 31.5 Å². The van der Waals surface area contributed by atoms with Crippen molar-refractivity contribution in [3.63, 3.8) is 0 Å². The third-order valence-corrected chi connectivity index (χ3v) is 3.29. The molecule has 1 aromatic heterocycles. The number of hydrogen-bond donors (Lipinski definition) is 2. The molecule has 5 heteroatoms. The van der Waals surface area contributed by atoms with E-state index in [0.29, 0.717) is 24.6 Å². The SMILES string of the molecule is CCCC(C)(N)C(=O)NCc1coc(-c2ccccc2)n1. The van der Waals surface area contributed by atoms with E-state index in [-0.39, 0.29) is 5.91 Å². The number of carbonyl (C=O) groups excluding carboxylic acids is 1.